The van der Waals surface area contributed by atoms with E-state index in [1.165, 1.54) is 42.5 Å². The summed E-state index contributed by atoms with van der Waals surface area (Å²) >= 11 is 0. The smallest absolute Gasteiger partial charge is 0.270 e. The maximum absolute atomic E-state index is 12.5. The molecule has 3 aromatic carbocycles. The van der Waals surface area contributed by atoms with Crippen molar-refractivity contribution in [1.82, 2.24) is 4.98 Å². The average Bonchev–Trinajstić information content (AvgIpc) is 3.13. The van der Waals surface area contributed by atoms with Gasteiger partial charge >= 0.3 is 0 Å². The summed E-state index contributed by atoms with van der Waals surface area (Å²) < 4.78 is 5.85. The third kappa shape index (κ3) is 3.58. The van der Waals surface area contributed by atoms with E-state index >= 15 is 0 Å². The molecule has 0 saturated carbocycles. The fraction of sp³-hybridized carbons (Fsp3) is 0.0909. The molecule has 0 bridgehead atoms. The van der Waals surface area contributed by atoms with Crippen LogP contribution in [0.5, 0.6) is 5.75 Å². The first-order chi connectivity index (χ1) is 14.3. The van der Waals surface area contributed by atoms with E-state index < -0.39 is 10.8 Å². The number of aryl methyl sites for hydroxylation is 2. The van der Waals surface area contributed by atoms with Crippen LogP contribution in [0.15, 0.2) is 59.0 Å². The highest BCUT2D eigenvalue weighted by atomic mass is 16.6. The Kier molecular flexibility index (Phi) is 4.67. The quantitative estimate of drug-likeness (QED) is 0.282. The summed E-state index contributed by atoms with van der Waals surface area (Å²) in [6.45, 7) is 3.88. The number of amides is 1. The monoisotopic (exact) mass is 403 g/mol. The number of carbonyl (C=O) groups is 1. The van der Waals surface area contributed by atoms with Gasteiger partial charge in [0.1, 0.15) is 11.3 Å². The number of nitro groups is 1. The third-order valence-electron chi connectivity index (χ3n) is 4.62. The number of hydrogen-bond acceptors (Lipinski definition) is 6. The molecule has 0 aliphatic rings. The number of hydrogen-bond donors (Lipinski definition) is 2. The van der Waals surface area contributed by atoms with Crippen LogP contribution >= 0.6 is 0 Å². The lowest BCUT2D eigenvalue weighted by Crippen LogP contribution is -2.12. The molecule has 4 rings (SSSR count). The van der Waals surface area contributed by atoms with Crippen molar-refractivity contribution in [1.29, 1.82) is 0 Å². The molecule has 0 aliphatic heterocycles. The molecule has 2 N–H and O–H groups in total. The van der Waals surface area contributed by atoms with E-state index in [1.807, 2.05) is 26.0 Å². The van der Waals surface area contributed by atoms with Crippen molar-refractivity contribution >= 4 is 28.4 Å². The Labute approximate surface area is 170 Å². The predicted octanol–water partition coefficient (Wildman–Crippen LogP) is 4.98. The Morgan fingerprint density at radius 1 is 1.13 bits per heavy atom. The molecule has 150 valence electrons. The molecule has 1 aromatic heterocycles. The molecule has 0 aliphatic carbocycles. The van der Waals surface area contributed by atoms with Crippen molar-refractivity contribution in [2.75, 3.05) is 5.32 Å². The van der Waals surface area contributed by atoms with Gasteiger partial charge in [-0.25, -0.2) is 4.98 Å². The van der Waals surface area contributed by atoms with Gasteiger partial charge in [0.05, 0.1) is 10.5 Å². The summed E-state index contributed by atoms with van der Waals surface area (Å²) in [6.07, 6.45) is 0. The van der Waals surface area contributed by atoms with E-state index in [4.69, 9.17) is 4.42 Å². The van der Waals surface area contributed by atoms with Crippen molar-refractivity contribution in [2.45, 2.75) is 13.8 Å². The van der Waals surface area contributed by atoms with Gasteiger partial charge in [0, 0.05) is 23.4 Å². The average molecular weight is 403 g/mol. The molecule has 8 nitrogen and oxygen atoms in total. The summed E-state index contributed by atoms with van der Waals surface area (Å²) in [5.41, 5.74) is 3.95. The number of nitro benzene ring substituents is 1. The SMILES string of the molecule is Cc1cc(C)c2oc(-c3cc(NC(=O)c4cccc([N+](=O)[O-])c4)ccc3O)nc2c1. The Balaban J connectivity index is 1.67. The lowest BCUT2D eigenvalue weighted by Gasteiger charge is -2.08. The van der Waals surface area contributed by atoms with E-state index in [0.717, 1.165) is 11.1 Å². The second kappa shape index (κ2) is 7.32. The molecule has 30 heavy (non-hydrogen) atoms. The second-order valence-corrected chi connectivity index (χ2v) is 6.94. The van der Waals surface area contributed by atoms with E-state index in [2.05, 4.69) is 10.3 Å². The maximum atomic E-state index is 12.5. The zero-order valence-electron chi connectivity index (χ0n) is 16.2. The minimum atomic E-state index is -0.563. The summed E-state index contributed by atoms with van der Waals surface area (Å²) in [6, 6.07) is 13.8. The van der Waals surface area contributed by atoms with Crippen LogP contribution < -0.4 is 5.32 Å². The molecule has 0 saturated heterocycles. The van der Waals surface area contributed by atoms with Gasteiger partial charge in [0.2, 0.25) is 5.89 Å². The van der Waals surface area contributed by atoms with Crippen LogP contribution in [0.1, 0.15) is 21.5 Å². The third-order valence-corrected chi connectivity index (χ3v) is 4.62. The largest absolute Gasteiger partial charge is 0.507 e. The highest BCUT2D eigenvalue weighted by Gasteiger charge is 2.16. The lowest BCUT2D eigenvalue weighted by molar-refractivity contribution is -0.384. The number of phenols is 1. The molecule has 0 unspecified atom stereocenters. The number of oxazole rings is 1. The summed E-state index contributed by atoms with van der Waals surface area (Å²) in [4.78, 5) is 27.3. The number of phenolic OH excluding ortho intramolecular Hbond substituents is 1. The zero-order valence-corrected chi connectivity index (χ0v) is 16.2. The van der Waals surface area contributed by atoms with Crippen molar-refractivity contribution in [3.8, 4) is 17.2 Å². The molecule has 0 radical (unpaired) electrons. The first kappa shape index (κ1) is 19.1. The van der Waals surface area contributed by atoms with Crippen LogP contribution in [0.3, 0.4) is 0 Å². The van der Waals surface area contributed by atoms with Gasteiger partial charge in [-0.3, -0.25) is 14.9 Å². The van der Waals surface area contributed by atoms with E-state index in [1.54, 1.807) is 0 Å². The number of benzene rings is 3. The van der Waals surface area contributed by atoms with Gasteiger partial charge in [0.25, 0.3) is 11.6 Å². The number of carbonyl (C=O) groups excluding carboxylic acids is 1. The minimum Gasteiger partial charge on any atom is -0.507 e. The number of nitrogens with one attached hydrogen (secondary N) is 1. The molecule has 0 spiro atoms. The summed E-state index contributed by atoms with van der Waals surface area (Å²) in [5, 5.41) is 23.9. The number of non-ortho nitro benzene ring substituents is 1. The van der Waals surface area contributed by atoms with Crippen molar-refractivity contribution in [3.63, 3.8) is 0 Å². The Morgan fingerprint density at radius 3 is 2.70 bits per heavy atom. The van der Waals surface area contributed by atoms with Crippen molar-refractivity contribution in [3.05, 3.63) is 81.4 Å². The van der Waals surface area contributed by atoms with Crippen LogP contribution in [0.2, 0.25) is 0 Å². The Morgan fingerprint density at radius 2 is 1.93 bits per heavy atom. The standard InChI is InChI=1S/C22H17N3O5/c1-12-8-13(2)20-18(9-12)24-22(30-20)17-11-15(6-7-19(17)26)23-21(27)14-4-3-5-16(10-14)25(28)29/h3-11,26H,1-2H3,(H,23,27). The molecule has 8 heteroatoms. The van der Waals surface area contributed by atoms with Crippen LogP contribution in [0, 0.1) is 24.0 Å². The molecule has 1 heterocycles. The van der Waals surface area contributed by atoms with Gasteiger partial charge in [0.15, 0.2) is 5.58 Å². The van der Waals surface area contributed by atoms with Crippen molar-refractivity contribution in [2.24, 2.45) is 0 Å². The summed E-state index contributed by atoms with van der Waals surface area (Å²) in [5.74, 6) is -0.341. The van der Waals surface area contributed by atoms with Gasteiger partial charge in [-0.1, -0.05) is 12.1 Å². The number of anilines is 1. The first-order valence-corrected chi connectivity index (χ1v) is 9.09. The number of aromatic nitrogens is 1. The highest BCUT2D eigenvalue weighted by molar-refractivity contribution is 6.05. The van der Waals surface area contributed by atoms with E-state index in [9.17, 15) is 20.0 Å². The Bertz CT molecular complexity index is 1310. The number of rotatable bonds is 4. The fourth-order valence-electron chi connectivity index (χ4n) is 3.24. The van der Waals surface area contributed by atoms with Gasteiger partial charge < -0.3 is 14.8 Å². The molecule has 0 fully saturated rings. The number of fused-ring (bicyclic) bond motifs is 1. The van der Waals surface area contributed by atoms with Crippen LogP contribution in [-0.4, -0.2) is 20.9 Å². The second-order valence-electron chi connectivity index (χ2n) is 6.94. The van der Waals surface area contributed by atoms with Crippen LogP contribution in [0.4, 0.5) is 11.4 Å². The topological polar surface area (TPSA) is 118 Å². The van der Waals surface area contributed by atoms with Crippen LogP contribution in [0.25, 0.3) is 22.6 Å². The van der Waals surface area contributed by atoms with E-state index in [0.29, 0.717) is 22.4 Å². The summed E-state index contributed by atoms with van der Waals surface area (Å²) in [7, 11) is 0. The normalized spacial score (nSPS) is 10.9. The van der Waals surface area contributed by atoms with E-state index in [-0.39, 0.29) is 22.9 Å². The fourth-order valence-corrected chi connectivity index (χ4v) is 3.24. The number of aromatic hydroxyl groups is 1. The molecular weight excluding hydrogens is 386 g/mol. The first-order valence-electron chi connectivity index (χ1n) is 9.09. The minimum absolute atomic E-state index is 0.0516. The molecular formula is C22H17N3O5. The van der Waals surface area contributed by atoms with Crippen LogP contribution in [-0.2, 0) is 0 Å². The number of nitrogens with zero attached hydrogens (tertiary/aromatic N) is 2. The predicted molar refractivity (Wildman–Crippen MR) is 112 cm³/mol. The maximum Gasteiger partial charge on any atom is 0.270 e. The van der Waals surface area contributed by atoms with Gasteiger partial charge in [-0.05, 0) is 55.3 Å². The Hall–Kier alpha value is -4.20. The molecule has 0 atom stereocenters. The van der Waals surface area contributed by atoms with Crippen molar-refractivity contribution < 1.29 is 19.2 Å². The van der Waals surface area contributed by atoms with Gasteiger partial charge in [-0.15, -0.1) is 0 Å². The van der Waals surface area contributed by atoms with Gasteiger partial charge in [-0.2, -0.15) is 0 Å². The highest BCUT2D eigenvalue weighted by Crippen LogP contribution is 2.34. The lowest BCUT2D eigenvalue weighted by atomic mass is 10.1. The molecule has 1 amide bonds. The molecule has 4 aromatic rings. The zero-order chi connectivity index (χ0) is 21.4.